The van der Waals surface area contributed by atoms with E-state index in [1.807, 2.05) is 0 Å². The van der Waals surface area contributed by atoms with Crippen LogP contribution in [0.1, 0.15) is 5.56 Å². The maximum atomic E-state index is 11.2. The molecule has 2 heterocycles. The third-order valence-electron chi connectivity index (χ3n) is 4.83. The molecule has 0 amide bonds. The number of halogens is 2. The first kappa shape index (κ1) is 24.0. The Labute approximate surface area is 215 Å². The van der Waals surface area contributed by atoms with Gasteiger partial charge in [-0.2, -0.15) is 5.26 Å². The molecule has 2 aromatic carbocycles. The number of rotatable bonds is 5. The summed E-state index contributed by atoms with van der Waals surface area (Å²) in [5.41, 5.74) is 1.55. The number of hydrogen-bond donors (Lipinski definition) is 0. The SMILES string of the molecule is N#Cc1ccc(N(C(=S)N(c2ccc([N+](=O)[O-])cc2)c2ccc(Cl)cn2)c2cccc(Cl)n2)cc1. The molecule has 4 aromatic rings. The fraction of sp³-hybridized carbons (Fsp3) is 0. The Morgan fingerprint density at radius 3 is 2.09 bits per heavy atom. The van der Waals surface area contributed by atoms with Crippen molar-refractivity contribution >= 4 is 69.2 Å². The molecule has 0 spiro atoms. The predicted molar refractivity (Wildman–Crippen MR) is 140 cm³/mol. The van der Waals surface area contributed by atoms with Crippen LogP contribution >= 0.6 is 35.4 Å². The molecule has 0 N–H and O–H groups in total. The first-order valence-corrected chi connectivity index (χ1v) is 11.2. The second-order valence-electron chi connectivity index (χ2n) is 7.04. The summed E-state index contributed by atoms with van der Waals surface area (Å²) in [4.78, 5) is 22.8. The quantitative estimate of drug-likeness (QED) is 0.122. The number of non-ortho nitro benzene ring substituents is 1. The molecule has 0 fully saturated rings. The second-order valence-corrected chi connectivity index (χ2v) is 8.23. The number of anilines is 4. The summed E-state index contributed by atoms with van der Waals surface area (Å²) in [5.74, 6) is 0.849. The molecular formula is C24H14Cl2N6O2S. The number of hydrogen-bond acceptors (Lipinski definition) is 6. The zero-order valence-corrected chi connectivity index (χ0v) is 20.1. The van der Waals surface area contributed by atoms with Crippen LogP contribution in [0.4, 0.5) is 28.7 Å². The van der Waals surface area contributed by atoms with Crippen LogP contribution in [0.5, 0.6) is 0 Å². The van der Waals surface area contributed by atoms with Gasteiger partial charge in [0, 0.05) is 24.0 Å². The summed E-state index contributed by atoms with van der Waals surface area (Å²) in [6.07, 6.45) is 1.47. The van der Waals surface area contributed by atoms with E-state index in [1.54, 1.807) is 76.5 Å². The maximum Gasteiger partial charge on any atom is 0.269 e. The number of pyridine rings is 2. The van der Waals surface area contributed by atoms with Crippen molar-refractivity contribution in [1.29, 1.82) is 5.26 Å². The van der Waals surface area contributed by atoms with Crippen molar-refractivity contribution in [3.63, 3.8) is 0 Å². The second kappa shape index (κ2) is 10.4. The van der Waals surface area contributed by atoms with Crippen molar-refractivity contribution in [2.45, 2.75) is 0 Å². The van der Waals surface area contributed by atoms with Gasteiger partial charge >= 0.3 is 0 Å². The lowest BCUT2D eigenvalue weighted by atomic mass is 10.2. The van der Waals surface area contributed by atoms with E-state index >= 15 is 0 Å². The lowest BCUT2D eigenvalue weighted by Gasteiger charge is -2.32. The van der Waals surface area contributed by atoms with Crippen molar-refractivity contribution < 1.29 is 4.92 Å². The predicted octanol–water partition coefficient (Wildman–Crippen LogP) is 6.82. The van der Waals surface area contributed by atoms with E-state index in [0.717, 1.165) is 0 Å². The summed E-state index contributed by atoms with van der Waals surface area (Å²) in [6, 6.07) is 23.2. The largest absolute Gasteiger partial charge is 0.271 e. The molecule has 4 rings (SSSR count). The lowest BCUT2D eigenvalue weighted by molar-refractivity contribution is -0.384. The minimum Gasteiger partial charge on any atom is -0.271 e. The van der Waals surface area contributed by atoms with Gasteiger partial charge in [0.2, 0.25) is 0 Å². The number of nitro groups is 1. The van der Waals surface area contributed by atoms with Crippen LogP contribution in [0.3, 0.4) is 0 Å². The highest BCUT2D eigenvalue weighted by molar-refractivity contribution is 7.80. The molecular weight excluding hydrogens is 507 g/mol. The average molecular weight is 521 g/mol. The highest BCUT2D eigenvalue weighted by atomic mass is 35.5. The normalized spacial score (nSPS) is 10.3. The molecule has 0 saturated heterocycles. The van der Waals surface area contributed by atoms with Gasteiger partial charge in [0.25, 0.3) is 5.69 Å². The highest BCUT2D eigenvalue weighted by Crippen LogP contribution is 2.33. The maximum absolute atomic E-state index is 11.2. The fourth-order valence-electron chi connectivity index (χ4n) is 3.21. The van der Waals surface area contributed by atoms with Crippen molar-refractivity contribution in [2.75, 3.05) is 9.80 Å². The van der Waals surface area contributed by atoms with Gasteiger partial charge in [-0.3, -0.25) is 19.9 Å². The van der Waals surface area contributed by atoms with Crippen LogP contribution in [0.2, 0.25) is 10.2 Å². The molecule has 0 aliphatic carbocycles. The van der Waals surface area contributed by atoms with E-state index in [4.69, 9.17) is 35.4 Å². The standard InChI is InChI=1S/C24H14Cl2N6O2S/c25-17-6-13-22(28-15-17)30(19-9-11-20(12-10-19)32(33)34)24(35)31(23-3-1-2-21(26)29-23)18-7-4-16(14-27)5-8-18/h1-13,15H. The highest BCUT2D eigenvalue weighted by Gasteiger charge is 2.26. The summed E-state index contributed by atoms with van der Waals surface area (Å²) in [6.45, 7) is 0. The molecule has 8 nitrogen and oxygen atoms in total. The fourth-order valence-corrected chi connectivity index (χ4v) is 3.88. The molecule has 2 aromatic heterocycles. The minimum atomic E-state index is -0.480. The van der Waals surface area contributed by atoms with Crippen LogP contribution < -0.4 is 9.80 Å². The Hall–Kier alpha value is -4.10. The van der Waals surface area contributed by atoms with Gasteiger partial charge in [-0.15, -0.1) is 0 Å². The molecule has 0 atom stereocenters. The Morgan fingerprint density at radius 2 is 1.54 bits per heavy atom. The van der Waals surface area contributed by atoms with Crippen LogP contribution in [-0.4, -0.2) is 20.0 Å². The number of thiocarbonyl (C=S) groups is 1. The summed E-state index contributed by atoms with van der Waals surface area (Å²) < 4.78 is 0. The van der Waals surface area contributed by atoms with Crippen LogP contribution in [-0.2, 0) is 0 Å². The molecule has 0 aliphatic heterocycles. The summed E-state index contributed by atoms with van der Waals surface area (Å²) in [5, 5.41) is 21.3. The third kappa shape index (κ3) is 5.36. The van der Waals surface area contributed by atoms with Crippen LogP contribution in [0.25, 0.3) is 0 Å². The number of aromatic nitrogens is 2. The van der Waals surface area contributed by atoms with E-state index in [-0.39, 0.29) is 16.0 Å². The van der Waals surface area contributed by atoms with Gasteiger partial charge in [0.15, 0.2) is 5.11 Å². The number of nitro benzene ring substituents is 1. The van der Waals surface area contributed by atoms with Gasteiger partial charge in [-0.1, -0.05) is 29.3 Å². The molecule has 0 aliphatic rings. The summed E-state index contributed by atoms with van der Waals surface area (Å²) in [7, 11) is 0. The first-order valence-electron chi connectivity index (χ1n) is 10.0. The van der Waals surface area contributed by atoms with Gasteiger partial charge in [0.1, 0.15) is 16.8 Å². The van der Waals surface area contributed by atoms with Crippen LogP contribution in [0, 0.1) is 21.4 Å². The molecule has 11 heteroatoms. The van der Waals surface area contributed by atoms with E-state index in [9.17, 15) is 15.4 Å². The van der Waals surface area contributed by atoms with Crippen molar-refractivity contribution in [3.8, 4) is 6.07 Å². The van der Waals surface area contributed by atoms with Gasteiger partial charge in [-0.05, 0) is 72.9 Å². The van der Waals surface area contributed by atoms with Gasteiger partial charge in [0.05, 0.1) is 27.3 Å². The third-order valence-corrected chi connectivity index (χ3v) is 5.63. The smallest absolute Gasteiger partial charge is 0.269 e. The first-order chi connectivity index (χ1) is 16.9. The lowest BCUT2D eigenvalue weighted by Crippen LogP contribution is -2.38. The van der Waals surface area contributed by atoms with E-state index in [1.165, 1.54) is 18.3 Å². The van der Waals surface area contributed by atoms with E-state index < -0.39 is 4.92 Å². The molecule has 0 saturated carbocycles. The zero-order chi connectivity index (χ0) is 24.9. The number of nitriles is 1. The van der Waals surface area contributed by atoms with Crippen LogP contribution in [0.15, 0.2) is 85.1 Å². The molecule has 0 bridgehead atoms. The molecule has 35 heavy (non-hydrogen) atoms. The minimum absolute atomic E-state index is 0.0656. The Morgan fingerprint density at radius 1 is 0.914 bits per heavy atom. The summed E-state index contributed by atoms with van der Waals surface area (Å²) >= 11 is 18.2. The monoisotopic (exact) mass is 520 g/mol. The van der Waals surface area contributed by atoms with E-state index in [0.29, 0.717) is 33.6 Å². The van der Waals surface area contributed by atoms with Crippen molar-refractivity contribution in [2.24, 2.45) is 0 Å². The Kier molecular flexibility index (Phi) is 7.17. The average Bonchev–Trinajstić information content (AvgIpc) is 2.86. The number of nitrogens with zero attached hydrogens (tertiary/aromatic N) is 6. The van der Waals surface area contributed by atoms with Gasteiger partial charge in [-0.25, -0.2) is 9.97 Å². The van der Waals surface area contributed by atoms with Crippen molar-refractivity contribution in [3.05, 3.63) is 111 Å². The molecule has 172 valence electrons. The molecule has 0 radical (unpaired) electrons. The topological polar surface area (TPSA) is 99.2 Å². The van der Waals surface area contributed by atoms with Gasteiger partial charge < -0.3 is 0 Å². The van der Waals surface area contributed by atoms with Crippen molar-refractivity contribution in [1.82, 2.24) is 9.97 Å². The Balaban J connectivity index is 1.88. The molecule has 0 unspecified atom stereocenters. The zero-order valence-electron chi connectivity index (χ0n) is 17.7. The van der Waals surface area contributed by atoms with E-state index in [2.05, 4.69) is 16.0 Å². The Bertz CT molecular complexity index is 1420. The number of benzene rings is 2.